The second-order valence-corrected chi connectivity index (χ2v) is 8.17. The molecule has 2 saturated carbocycles. The highest BCUT2D eigenvalue weighted by molar-refractivity contribution is 6.09. The summed E-state index contributed by atoms with van der Waals surface area (Å²) in [7, 11) is 0. The van der Waals surface area contributed by atoms with Gasteiger partial charge in [-0.3, -0.25) is 19.3 Å². The standard InChI is InChI=1S/C21H27FN4O4/c22-16-11-13(7-8-17(16)25-9-10-30-12-18(25)27)24-21(29)19(20(23)28)26(14-3-1-4-14)15-5-2-6-15/h7-8,11,14-15,19H,1-6,9-10,12H2,(H2,23,28)(H,24,29)/t19-/m1/s1. The number of nitrogens with one attached hydrogen (secondary N) is 1. The molecule has 1 atom stereocenters. The molecule has 4 rings (SSSR count). The number of nitrogens with zero attached hydrogens (tertiary/aromatic N) is 2. The number of ether oxygens (including phenoxy) is 1. The van der Waals surface area contributed by atoms with Crippen LogP contribution in [0.1, 0.15) is 38.5 Å². The van der Waals surface area contributed by atoms with E-state index >= 15 is 0 Å². The van der Waals surface area contributed by atoms with Crippen molar-refractivity contribution >= 4 is 29.1 Å². The van der Waals surface area contributed by atoms with Crippen molar-refractivity contribution in [2.75, 3.05) is 30.0 Å². The first-order valence-electron chi connectivity index (χ1n) is 10.5. The third-order valence-corrected chi connectivity index (χ3v) is 6.30. The van der Waals surface area contributed by atoms with Crippen LogP contribution in [0.5, 0.6) is 0 Å². The first-order chi connectivity index (χ1) is 14.5. The summed E-state index contributed by atoms with van der Waals surface area (Å²) in [5.74, 6) is -2.19. The smallest absolute Gasteiger partial charge is 0.253 e. The van der Waals surface area contributed by atoms with Crippen LogP contribution in [-0.4, -0.2) is 60.5 Å². The average molecular weight is 418 g/mol. The average Bonchev–Trinajstić information content (AvgIpc) is 2.59. The molecule has 162 valence electrons. The maximum Gasteiger partial charge on any atom is 0.253 e. The quantitative estimate of drug-likeness (QED) is 0.651. The van der Waals surface area contributed by atoms with Crippen LogP contribution >= 0.6 is 0 Å². The lowest BCUT2D eigenvalue weighted by atomic mass is 9.83. The molecule has 0 radical (unpaired) electrons. The van der Waals surface area contributed by atoms with Crippen LogP contribution in [0.25, 0.3) is 0 Å². The molecule has 0 aromatic heterocycles. The molecule has 30 heavy (non-hydrogen) atoms. The van der Waals surface area contributed by atoms with Crippen LogP contribution in [0.4, 0.5) is 15.8 Å². The van der Waals surface area contributed by atoms with Crippen LogP contribution in [0.15, 0.2) is 18.2 Å². The molecule has 3 aliphatic rings. The predicted octanol–water partition coefficient (Wildman–Crippen LogP) is 1.39. The van der Waals surface area contributed by atoms with Gasteiger partial charge in [-0.05, 0) is 43.9 Å². The van der Waals surface area contributed by atoms with Crippen LogP contribution in [0.2, 0.25) is 0 Å². The minimum atomic E-state index is -1.08. The second kappa shape index (κ2) is 8.69. The van der Waals surface area contributed by atoms with E-state index in [-0.39, 0.29) is 42.5 Å². The molecule has 0 spiro atoms. The van der Waals surface area contributed by atoms with Crippen molar-refractivity contribution in [1.82, 2.24) is 4.90 Å². The van der Waals surface area contributed by atoms with Crippen LogP contribution in [0, 0.1) is 5.82 Å². The summed E-state index contributed by atoms with van der Waals surface area (Å²) in [4.78, 5) is 40.4. The molecular weight excluding hydrogens is 391 g/mol. The van der Waals surface area contributed by atoms with Crippen molar-refractivity contribution in [3.63, 3.8) is 0 Å². The van der Waals surface area contributed by atoms with E-state index in [9.17, 15) is 18.8 Å². The Hall–Kier alpha value is -2.52. The molecule has 2 aliphatic carbocycles. The van der Waals surface area contributed by atoms with E-state index in [1.165, 1.54) is 17.0 Å². The van der Waals surface area contributed by atoms with Crippen LogP contribution < -0.4 is 16.0 Å². The molecule has 1 heterocycles. The van der Waals surface area contributed by atoms with Gasteiger partial charge in [-0.2, -0.15) is 0 Å². The van der Waals surface area contributed by atoms with Crippen LogP contribution in [-0.2, 0) is 19.1 Å². The third kappa shape index (κ3) is 4.04. The summed E-state index contributed by atoms with van der Waals surface area (Å²) in [6.45, 7) is 0.515. The normalized spacial score (nSPS) is 21.1. The van der Waals surface area contributed by atoms with Crippen molar-refractivity contribution in [1.29, 1.82) is 0 Å². The lowest BCUT2D eigenvalue weighted by Crippen LogP contribution is -2.62. The van der Waals surface area contributed by atoms with Gasteiger partial charge < -0.3 is 20.7 Å². The molecule has 1 aromatic rings. The fourth-order valence-corrected chi connectivity index (χ4v) is 4.29. The number of rotatable bonds is 7. The minimum absolute atomic E-state index is 0.0869. The number of anilines is 2. The molecule has 3 fully saturated rings. The molecular formula is C21H27FN4O4. The summed E-state index contributed by atoms with van der Waals surface area (Å²) >= 11 is 0. The number of morpholine rings is 1. The molecule has 0 unspecified atom stereocenters. The summed E-state index contributed by atoms with van der Waals surface area (Å²) in [6.07, 6.45) is 5.95. The Bertz CT molecular complexity index is 826. The highest BCUT2D eigenvalue weighted by Gasteiger charge is 2.43. The third-order valence-electron chi connectivity index (χ3n) is 6.30. The number of nitrogens with two attached hydrogens (primary N) is 1. The van der Waals surface area contributed by atoms with Crippen LogP contribution in [0.3, 0.4) is 0 Å². The second-order valence-electron chi connectivity index (χ2n) is 8.17. The van der Waals surface area contributed by atoms with Gasteiger partial charge in [0.1, 0.15) is 12.4 Å². The fraction of sp³-hybridized carbons (Fsp3) is 0.571. The number of halogens is 1. The molecule has 1 aromatic carbocycles. The molecule has 8 nitrogen and oxygen atoms in total. The molecule has 0 bridgehead atoms. The maximum absolute atomic E-state index is 14.7. The number of carbonyl (C=O) groups is 3. The van der Waals surface area contributed by atoms with E-state index < -0.39 is 23.7 Å². The highest BCUT2D eigenvalue weighted by atomic mass is 19.1. The number of hydrogen-bond donors (Lipinski definition) is 2. The lowest BCUT2D eigenvalue weighted by Gasteiger charge is -2.48. The zero-order chi connectivity index (χ0) is 21.3. The van der Waals surface area contributed by atoms with E-state index in [0.717, 1.165) is 44.6 Å². The Kier molecular flexibility index (Phi) is 6.01. The van der Waals surface area contributed by atoms with Crippen molar-refractivity contribution in [2.45, 2.75) is 56.7 Å². The number of benzene rings is 1. The predicted molar refractivity (Wildman–Crippen MR) is 108 cm³/mol. The van der Waals surface area contributed by atoms with E-state index in [1.54, 1.807) is 0 Å². The monoisotopic (exact) mass is 418 g/mol. The van der Waals surface area contributed by atoms with E-state index in [4.69, 9.17) is 10.5 Å². The Morgan fingerprint density at radius 3 is 2.37 bits per heavy atom. The zero-order valence-corrected chi connectivity index (χ0v) is 16.8. The first-order valence-corrected chi connectivity index (χ1v) is 10.5. The topological polar surface area (TPSA) is 105 Å². The van der Waals surface area contributed by atoms with E-state index in [1.807, 2.05) is 4.90 Å². The highest BCUT2D eigenvalue weighted by Crippen LogP contribution is 2.35. The van der Waals surface area contributed by atoms with Crippen molar-refractivity contribution < 1.29 is 23.5 Å². The summed E-state index contributed by atoms with van der Waals surface area (Å²) in [6, 6.07) is 3.42. The fourth-order valence-electron chi connectivity index (χ4n) is 4.29. The number of hydrogen-bond acceptors (Lipinski definition) is 5. The van der Waals surface area contributed by atoms with Gasteiger partial charge in [0.15, 0.2) is 6.04 Å². The number of amides is 3. The SMILES string of the molecule is NC(=O)[C@H](C(=O)Nc1ccc(N2CCOCC2=O)c(F)c1)N(C1CCC1)C1CCC1. The van der Waals surface area contributed by atoms with Gasteiger partial charge >= 0.3 is 0 Å². The molecule has 3 amide bonds. The molecule has 1 aliphatic heterocycles. The Balaban J connectivity index is 1.50. The Morgan fingerprint density at radius 1 is 1.20 bits per heavy atom. The van der Waals surface area contributed by atoms with Gasteiger partial charge in [-0.1, -0.05) is 12.8 Å². The maximum atomic E-state index is 14.7. The van der Waals surface area contributed by atoms with Crippen molar-refractivity contribution in [3.05, 3.63) is 24.0 Å². The van der Waals surface area contributed by atoms with Crippen molar-refractivity contribution in [3.8, 4) is 0 Å². The van der Waals surface area contributed by atoms with E-state index in [0.29, 0.717) is 6.61 Å². The largest absolute Gasteiger partial charge is 0.370 e. The van der Waals surface area contributed by atoms with Gasteiger partial charge in [0.2, 0.25) is 5.91 Å². The zero-order valence-electron chi connectivity index (χ0n) is 16.8. The lowest BCUT2D eigenvalue weighted by molar-refractivity contribution is -0.138. The van der Waals surface area contributed by atoms with Gasteiger partial charge in [-0.15, -0.1) is 0 Å². The molecule has 9 heteroatoms. The van der Waals surface area contributed by atoms with Gasteiger partial charge in [0.05, 0.1) is 12.3 Å². The minimum Gasteiger partial charge on any atom is -0.370 e. The molecule has 1 saturated heterocycles. The Morgan fingerprint density at radius 2 is 1.87 bits per heavy atom. The van der Waals surface area contributed by atoms with Gasteiger partial charge in [0.25, 0.3) is 11.8 Å². The number of primary amides is 1. The Labute approximate surface area is 174 Å². The van der Waals surface area contributed by atoms with Gasteiger partial charge in [0, 0.05) is 24.3 Å². The van der Waals surface area contributed by atoms with Gasteiger partial charge in [-0.25, -0.2) is 4.39 Å². The summed E-state index contributed by atoms with van der Waals surface area (Å²) in [5.41, 5.74) is 5.98. The first kappa shape index (κ1) is 20.7. The summed E-state index contributed by atoms with van der Waals surface area (Å²) < 4.78 is 19.7. The molecule has 3 N–H and O–H groups in total. The summed E-state index contributed by atoms with van der Waals surface area (Å²) in [5, 5.41) is 2.64. The van der Waals surface area contributed by atoms with E-state index in [2.05, 4.69) is 5.32 Å². The number of carbonyl (C=O) groups excluding carboxylic acids is 3. The van der Waals surface area contributed by atoms with Crippen molar-refractivity contribution in [2.24, 2.45) is 5.73 Å².